The van der Waals surface area contributed by atoms with Gasteiger partial charge in [-0.15, -0.1) is 0 Å². The summed E-state index contributed by atoms with van der Waals surface area (Å²) in [6.45, 7) is 22.4. The zero-order valence-corrected chi connectivity index (χ0v) is 21.3. The molecule has 2 atom stereocenters. The van der Waals surface area contributed by atoms with Gasteiger partial charge in [-0.3, -0.25) is 4.79 Å². The predicted octanol–water partition coefficient (Wildman–Crippen LogP) is 4.68. The fourth-order valence-electron chi connectivity index (χ4n) is 2.92. The number of nitrogens with zero attached hydrogens (tertiary/aromatic N) is 2. The Morgan fingerprint density at radius 1 is 0.857 bits per heavy atom. The van der Waals surface area contributed by atoms with E-state index in [0.29, 0.717) is 43.3 Å². The van der Waals surface area contributed by atoms with Crippen LogP contribution in [0, 0.1) is 5.92 Å². The third-order valence-electron chi connectivity index (χ3n) is 4.39. The van der Waals surface area contributed by atoms with Crippen LogP contribution in [0.1, 0.15) is 69.2 Å². The highest BCUT2D eigenvalue weighted by molar-refractivity contribution is 8.13. The molecule has 0 rings (SSSR count). The van der Waals surface area contributed by atoms with Gasteiger partial charge in [-0.05, 0) is 62.3 Å². The van der Waals surface area contributed by atoms with Crippen LogP contribution in [0.5, 0.6) is 0 Å². The molecule has 0 spiro atoms. The lowest BCUT2D eigenvalue weighted by atomic mass is 10.1. The normalized spacial score (nSPS) is 15.1. The first-order valence-electron chi connectivity index (χ1n) is 10.4. The molecular weight excluding hydrogens is 393 g/mol. The van der Waals surface area contributed by atoms with Crippen molar-refractivity contribution in [1.29, 1.82) is 0 Å². The fraction of sp³-hybridized carbons (Fsp3) is 0.950. The lowest BCUT2D eigenvalue weighted by Gasteiger charge is -2.45. The predicted molar refractivity (Wildman–Crippen MR) is 123 cm³/mol. The highest BCUT2D eigenvalue weighted by Crippen LogP contribution is 2.50. The second-order valence-electron chi connectivity index (χ2n) is 8.36. The van der Waals surface area contributed by atoms with Crippen LogP contribution in [-0.4, -0.2) is 63.8 Å². The highest BCUT2D eigenvalue weighted by Gasteiger charge is 2.34. The minimum atomic E-state index is -0.901. The molecular formula is C20H44N3O3PS. The molecule has 0 aliphatic heterocycles. The molecule has 2 unspecified atom stereocenters. The first-order chi connectivity index (χ1) is 12.9. The van der Waals surface area contributed by atoms with Gasteiger partial charge in [-0.1, -0.05) is 18.7 Å². The zero-order chi connectivity index (χ0) is 22.0. The molecule has 6 nitrogen and oxygen atoms in total. The van der Waals surface area contributed by atoms with Gasteiger partial charge in [0.25, 0.3) is 0 Å². The monoisotopic (exact) mass is 437 g/mol. The van der Waals surface area contributed by atoms with Gasteiger partial charge in [-0.25, -0.2) is 9.34 Å². The highest BCUT2D eigenvalue weighted by atomic mass is 32.2. The van der Waals surface area contributed by atoms with Crippen LogP contribution < -0.4 is 5.73 Å². The second kappa shape index (κ2) is 14.3. The largest absolute Gasteiger partial charge is 0.368 e. The van der Waals surface area contributed by atoms with Crippen LogP contribution in [0.15, 0.2) is 0 Å². The quantitative estimate of drug-likeness (QED) is 0.240. The lowest BCUT2D eigenvalue weighted by molar-refractivity contribution is -0.114. The van der Waals surface area contributed by atoms with Crippen molar-refractivity contribution in [3.8, 4) is 0 Å². The summed E-state index contributed by atoms with van der Waals surface area (Å²) in [5, 5.41) is 0.0785. The number of carbonyl (C=O) groups excluding carboxylic acids is 1. The van der Waals surface area contributed by atoms with E-state index in [2.05, 4.69) is 64.7 Å². The molecule has 0 radical (unpaired) electrons. The Hall–Kier alpha value is 0.250. The van der Waals surface area contributed by atoms with Crippen LogP contribution in [0.25, 0.3) is 0 Å². The minimum Gasteiger partial charge on any atom is -0.368 e. The SMILES string of the molecule is CC(N)C(C)C(=O)SCOCCOP(N(C(C)C)C(C)C)N(C(C)C)C(C)C. The summed E-state index contributed by atoms with van der Waals surface area (Å²) >= 11 is 1.19. The van der Waals surface area contributed by atoms with Crippen molar-refractivity contribution in [2.75, 3.05) is 19.2 Å². The number of hydrogen-bond acceptors (Lipinski definition) is 7. The molecule has 168 valence electrons. The zero-order valence-electron chi connectivity index (χ0n) is 19.6. The van der Waals surface area contributed by atoms with Crippen molar-refractivity contribution in [3.05, 3.63) is 0 Å². The van der Waals surface area contributed by atoms with Gasteiger partial charge in [0, 0.05) is 36.1 Å². The Balaban J connectivity index is 4.76. The third-order valence-corrected chi connectivity index (χ3v) is 8.38. The van der Waals surface area contributed by atoms with Gasteiger partial charge in [0.05, 0.1) is 19.2 Å². The Bertz CT molecular complexity index is 401. The molecule has 0 fully saturated rings. The third kappa shape index (κ3) is 9.84. The summed E-state index contributed by atoms with van der Waals surface area (Å²) in [7, 11) is -0.901. The smallest absolute Gasteiger partial charge is 0.195 e. The van der Waals surface area contributed by atoms with E-state index in [4.69, 9.17) is 15.0 Å². The summed E-state index contributed by atoms with van der Waals surface area (Å²) in [4.78, 5) is 12.0. The average Bonchev–Trinajstić information content (AvgIpc) is 2.55. The summed E-state index contributed by atoms with van der Waals surface area (Å²) in [5.74, 6) is 0.182. The van der Waals surface area contributed by atoms with Crippen molar-refractivity contribution in [2.45, 2.75) is 99.4 Å². The standard InChI is InChI=1S/C20H44N3O3PS/c1-14(2)22(15(3)4)27(23(16(5)6)17(7)8)26-12-11-25-13-28-20(24)18(9)19(10)21/h14-19H,11-13,21H2,1-10H3. The first kappa shape index (κ1) is 28.2. The summed E-state index contributed by atoms with van der Waals surface area (Å²) in [6, 6.07) is 1.42. The minimum absolute atomic E-state index is 0.0785. The number of hydrogen-bond donors (Lipinski definition) is 1. The van der Waals surface area contributed by atoms with Crippen LogP contribution in [0.3, 0.4) is 0 Å². The average molecular weight is 438 g/mol. The Morgan fingerprint density at radius 3 is 1.64 bits per heavy atom. The van der Waals surface area contributed by atoms with E-state index in [1.165, 1.54) is 11.8 Å². The van der Waals surface area contributed by atoms with Gasteiger partial charge in [0.2, 0.25) is 0 Å². The fourth-order valence-corrected chi connectivity index (χ4v) is 6.04. The molecule has 2 N–H and O–H groups in total. The summed E-state index contributed by atoms with van der Waals surface area (Å²) in [6.07, 6.45) is 0. The molecule has 0 saturated heterocycles. The maximum atomic E-state index is 12.0. The Morgan fingerprint density at radius 2 is 1.29 bits per heavy atom. The van der Waals surface area contributed by atoms with E-state index in [0.717, 1.165) is 0 Å². The van der Waals surface area contributed by atoms with Gasteiger partial charge >= 0.3 is 0 Å². The van der Waals surface area contributed by atoms with Crippen molar-refractivity contribution in [3.63, 3.8) is 0 Å². The first-order valence-corrected chi connectivity index (χ1v) is 12.6. The lowest BCUT2D eigenvalue weighted by Crippen LogP contribution is -2.43. The van der Waals surface area contributed by atoms with E-state index in [9.17, 15) is 4.79 Å². The maximum Gasteiger partial charge on any atom is 0.195 e. The van der Waals surface area contributed by atoms with Crippen molar-refractivity contribution >= 4 is 25.3 Å². The molecule has 0 amide bonds. The number of ether oxygens (including phenoxy) is 1. The van der Waals surface area contributed by atoms with Crippen molar-refractivity contribution < 1.29 is 14.1 Å². The molecule has 0 aliphatic carbocycles. The van der Waals surface area contributed by atoms with Crippen LogP contribution in [0.2, 0.25) is 0 Å². The molecule has 28 heavy (non-hydrogen) atoms. The van der Waals surface area contributed by atoms with Crippen LogP contribution in [0.4, 0.5) is 0 Å². The van der Waals surface area contributed by atoms with E-state index in [1.54, 1.807) is 0 Å². The van der Waals surface area contributed by atoms with E-state index < -0.39 is 8.45 Å². The van der Waals surface area contributed by atoms with Gasteiger partial charge in [0.1, 0.15) is 0 Å². The topological polar surface area (TPSA) is 68.0 Å². The molecule has 8 heteroatoms. The maximum absolute atomic E-state index is 12.0. The van der Waals surface area contributed by atoms with Crippen LogP contribution >= 0.6 is 20.2 Å². The van der Waals surface area contributed by atoms with Gasteiger partial charge in [-0.2, -0.15) is 0 Å². The molecule has 0 bridgehead atoms. The molecule has 0 aromatic carbocycles. The number of thioether (sulfide) groups is 1. The molecule has 0 heterocycles. The van der Waals surface area contributed by atoms with Gasteiger partial charge < -0.3 is 15.0 Å². The van der Waals surface area contributed by atoms with Crippen LogP contribution in [-0.2, 0) is 14.1 Å². The van der Waals surface area contributed by atoms with E-state index >= 15 is 0 Å². The molecule has 0 aromatic rings. The summed E-state index contributed by atoms with van der Waals surface area (Å²) in [5.41, 5.74) is 5.77. The van der Waals surface area contributed by atoms with Gasteiger partial charge in [0.15, 0.2) is 13.6 Å². The number of carbonyl (C=O) groups is 1. The van der Waals surface area contributed by atoms with Crippen molar-refractivity contribution in [2.24, 2.45) is 11.7 Å². The van der Waals surface area contributed by atoms with Crippen molar-refractivity contribution in [1.82, 2.24) is 9.34 Å². The Kier molecular flexibility index (Phi) is 14.4. The number of rotatable bonds is 14. The number of nitrogens with two attached hydrogens (primary N) is 1. The molecule has 0 aromatic heterocycles. The molecule has 0 saturated carbocycles. The van der Waals surface area contributed by atoms with E-state index in [1.807, 2.05) is 13.8 Å². The van der Waals surface area contributed by atoms with E-state index in [-0.39, 0.29) is 17.1 Å². The Labute approximate surface area is 179 Å². The molecule has 0 aliphatic rings. The second-order valence-corrected chi connectivity index (χ2v) is 11.0. The summed E-state index contributed by atoms with van der Waals surface area (Å²) < 4.78 is 16.9.